The molecule has 1 unspecified atom stereocenters. The van der Waals surface area contributed by atoms with E-state index in [-0.39, 0.29) is 33.9 Å². The van der Waals surface area contributed by atoms with Gasteiger partial charge in [0.15, 0.2) is 5.82 Å². The van der Waals surface area contributed by atoms with Crippen LogP contribution in [0.5, 0.6) is 0 Å². The summed E-state index contributed by atoms with van der Waals surface area (Å²) in [4.78, 5) is 23.2. The number of rotatable bonds is 3. The minimum atomic E-state index is -0.564. The topological polar surface area (TPSA) is 101 Å². The highest BCUT2D eigenvalue weighted by Crippen LogP contribution is 2.30. The molecule has 3 heterocycles. The minimum absolute atomic E-state index is 0.00734. The molecule has 1 aromatic carbocycles. The second-order valence-electron chi connectivity index (χ2n) is 6.51. The molecule has 1 aliphatic rings. The summed E-state index contributed by atoms with van der Waals surface area (Å²) in [5.41, 5.74) is 7.24. The fourth-order valence-electron chi connectivity index (χ4n) is 3.44. The molecular weight excluding hydrogens is 371 g/mol. The van der Waals surface area contributed by atoms with E-state index in [9.17, 15) is 9.18 Å². The lowest BCUT2D eigenvalue weighted by Crippen LogP contribution is -2.47. The van der Waals surface area contributed by atoms with Crippen molar-refractivity contribution in [3.63, 3.8) is 0 Å². The van der Waals surface area contributed by atoms with Crippen molar-refractivity contribution >= 4 is 28.7 Å². The third-order valence-corrected chi connectivity index (χ3v) is 5.16. The van der Waals surface area contributed by atoms with Crippen molar-refractivity contribution in [2.75, 3.05) is 13.1 Å². The summed E-state index contributed by atoms with van der Waals surface area (Å²) < 4.78 is 14.3. The van der Waals surface area contributed by atoms with Crippen LogP contribution in [-0.2, 0) is 0 Å². The van der Waals surface area contributed by atoms with Crippen molar-refractivity contribution in [2.45, 2.75) is 25.3 Å². The monoisotopic (exact) mass is 388 g/mol. The van der Waals surface area contributed by atoms with E-state index in [4.69, 9.17) is 17.3 Å². The Morgan fingerprint density at radius 1 is 1.41 bits per heavy atom. The number of fused-ring (bicyclic) bond motifs is 1. The molecule has 1 saturated heterocycles. The average Bonchev–Trinajstić information content (AvgIpc) is 3.12. The summed E-state index contributed by atoms with van der Waals surface area (Å²) in [6, 6.07) is 4.70. The maximum atomic E-state index is 14.3. The SMILES string of the molecule is NCC1CCCCN1C(=O)c1cnc2c(-c3cccc(Cl)c3F)[nH]nc2n1. The number of H-pyrrole nitrogens is 1. The summed E-state index contributed by atoms with van der Waals surface area (Å²) >= 11 is 5.86. The number of nitrogens with two attached hydrogens (primary N) is 1. The molecule has 0 saturated carbocycles. The molecule has 1 aliphatic heterocycles. The zero-order valence-electron chi connectivity index (χ0n) is 14.5. The van der Waals surface area contributed by atoms with Crippen LogP contribution >= 0.6 is 11.6 Å². The zero-order valence-corrected chi connectivity index (χ0v) is 15.2. The number of aromatic nitrogens is 4. The number of amides is 1. The molecule has 0 radical (unpaired) electrons. The van der Waals surface area contributed by atoms with Gasteiger partial charge in [0.1, 0.15) is 11.2 Å². The van der Waals surface area contributed by atoms with E-state index >= 15 is 0 Å². The Morgan fingerprint density at radius 2 is 2.26 bits per heavy atom. The maximum absolute atomic E-state index is 14.3. The third kappa shape index (κ3) is 3.15. The third-order valence-electron chi connectivity index (χ3n) is 4.86. The number of hydrogen-bond acceptors (Lipinski definition) is 5. The molecule has 0 bridgehead atoms. The van der Waals surface area contributed by atoms with Crippen molar-refractivity contribution in [3.05, 3.63) is 40.9 Å². The largest absolute Gasteiger partial charge is 0.333 e. The Kier molecular flexibility index (Phi) is 4.75. The van der Waals surface area contributed by atoms with Crippen molar-refractivity contribution in [2.24, 2.45) is 5.73 Å². The lowest BCUT2D eigenvalue weighted by atomic mass is 10.0. The van der Waals surface area contributed by atoms with Gasteiger partial charge in [0.2, 0.25) is 5.65 Å². The molecule has 9 heteroatoms. The van der Waals surface area contributed by atoms with E-state index < -0.39 is 5.82 Å². The number of hydrogen-bond donors (Lipinski definition) is 2. The average molecular weight is 389 g/mol. The van der Waals surface area contributed by atoms with E-state index in [1.807, 2.05) is 0 Å². The Hall–Kier alpha value is -2.58. The molecule has 4 rings (SSSR count). The molecular formula is C18H18ClFN6O. The van der Waals surface area contributed by atoms with E-state index in [2.05, 4.69) is 20.2 Å². The molecule has 140 valence electrons. The van der Waals surface area contributed by atoms with Crippen LogP contribution in [-0.4, -0.2) is 50.1 Å². The summed E-state index contributed by atoms with van der Waals surface area (Å²) in [7, 11) is 0. The Balaban J connectivity index is 1.70. The molecule has 1 atom stereocenters. The minimum Gasteiger partial charge on any atom is -0.333 e. The maximum Gasteiger partial charge on any atom is 0.274 e. The first-order valence-electron chi connectivity index (χ1n) is 8.76. The van der Waals surface area contributed by atoms with E-state index in [0.29, 0.717) is 24.3 Å². The van der Waals surface area contributed by atoms with Gasteiger partial charge >= 0.3 is 0 Å². The highest BCUT2D eigenvalue weighted by molar-refractivity contribution is 6.31. The number of halogens is 2. The smallest absolute Gasteiger partial charge is 0.274 e. The molecule has 1 amide bonds. The van der Waals surface area contributed by atoms with Crippen LogP contribution in [0.25, 0.3) is 22.4 Å². The van der Waals surface area contributed by atoms with E-state index in [0.717, 1.165) is 19.3 Å². The summed E-state index contributed by atoms with van der Waals surface area (Å²) in [6.07, 6.45) is 4.29. The molecule has 3 aromatic rings. The van der Waals surface area contributed by atoms with Gasteiger partial charge in [0.25, 0.3) is 5.91 Å². The number of aromatic amines is 1. The first kappa shape index (κ1) is 17.8. The number of piperidine rings is 1. The normalized spacial score (nSPS) is 17.4. The van der Waals surface area contributed by atoms with Crippen LogP contribution in [0.2, 0.25) is 5.02 Å². The Labute approximate surface area is 159 Å². The number of nitrogens with one attached hydrogen (secondary N) is 1. The first-order valence-corrected chi connectivity index (χ1v) is 9.14. The lowest BCUT2D eigenvalue weighted by molar-refractivity contribution is 0.0617. The van der Waals surface area contributed by atoms with Gasteiger partial charge in [-0.05, 0) is 31.4 Å². The van der Waals surface area contributed by atoms with Gasteiger partial charge in [0, 0.05) is 24.7 Å². The number of benzene rings is 1. The van der Waals surface area contributed by atoms with Gasteiger partial charge in [-0.1, -0.05) is 17.7 Å². The van der Waals surface area contributed by atoms with Crippen LogP contribution in [0.1, 0.15) is 29.8 Å². The predicted molar refractivity (Wildman–Crippen MR) is 99.8 cm³/mol. The molecule has 0 aliphatic carbocycles. The van der Waals surface area contributed by atoms with Gasteiger partial charge in [-0.3, -0.25) is 9.89 Å². The Bertz CT molecular complexity index is 1010. The summed E-state index contributed by atoms with van der Waals surface area (Å²) in [5, 5.41) is 6.84. The van der Waals surface area contributed by atoms with Crippen LogP contribution in [0.15, 0.2) is 24.4 Å². The van der Waals surface area contributed by atoms with Crippen molar-refractivity contribution < 1.29 is 9.18 Å². The van der Waals surface area contributed by atoms with Crippen LogP contribution in [0.4, 0.5) is 4.39 Å². The standard InChI is InChI=1S/C18H18ClFN6O/c19-12-6-3-5-11(14(12)20)15-16-17(25-24-15)23-13(9-22-16)18(27)26-7-2-1-4-10(26)8-21/h3,5-6,9-10H,1-2,4,7-8,21H2,(H,23,24,25). The fraction of sp³-hybridized carbons (Fsp3) is 0.333. The van der Waals surface area contributed by atoms with Crippen molar-refractivity contribution in [1.82, 2.24) is 25.1 Å². The number of likely N-dealkylation sites (tertiary alicyclic amines) is 1. The molecule has 3 N–H and O–H groups in total. The lowest BCUT2D eigenvalue weighted by Gasteiger charge is -2.34. The summed E-state index contributed by atoms with van der Waals surface area (Å²) in [6.45, 7) is 1.07. The Morgan fingerprint density at radius 3 is 3.07 bits per heavy atom. The van der Waals surface area contributed by atoms with Gasteiger partial charge in [-0.25, -0.2) is 14.4 Å². The van der Waals surface area contributed by atoms with E-state index in [1.54, 1.807) is 17.0 Å². The first-order chi connectivity index (χ1) is 13.1. The molecule has 2 aromatic heterocycles. The number of carbonyl (C=O) groups is 1. The molecule has 27 heavy (non-hydrogen) atoms. The van der Waals surface area contributed by atoms with Gasteiger partial charge < -0.3 is 10.6 Å². The van der Waals surface area contributed by atoms with Gasteiger partial charge in [-0.2, -0.15) is 5.10 Å². The second kappa shape index (κ2) is 7.21. The fourth-order valence-corrected chi connectivity index (χ4v) is 3.62. The predicted octanol–water partition coefficient (Wildman–Crippen LogP) is 2.77. The van der Waals surface area contributed by atoms with Gasteiger partial charge in [-0.15, -0.1) is 0 Å². The van der Waals surface area contributed by atoms with Gasteiger partial charge in [0.05, 0.1) is 16.9 Å². The van der Waals surface area contributed by atoms with Crippen LogP contribution in [0.3, 0.4) is 0 Å². The van der Waals surface area contributed by atoms with Crippen LogP contribution in [0, 0.1) is 5.82 Å². The quantitative estimate of drug-likeness (QED) is 0.718. The summed E-state index contributed by atoms with van der Waals surface area (Å²) in [5.74, 6) is -0.774. The molecule has 1 fully saturated rings. The second-order valence-corrected chi connectivity index (χ2v) is 6.92. The van der Waals surface area contributed by atoms with Crippen molar-refractivity contribution in [3.8, 4) is 11.3 Å². The highest BCUT2D eigenvalue weighted by atomic mass is 35.5. The number of nitrogens with zero attached hydrogens (tertiary/aromatic N) is 4. The van der Waals surface area contributed by atoms with E-state index in [1.165, 1.54) is 12.3 Å². The zero-order chi connectivity index (χ0) is 19.0. The number of carbonyl (C=O) groups excluding carboxylic acids is 1. The molecule has 7 nitrogen and oxygen atoms in total. The molecule has 0 spiro atoms. The highest BCUT2D eigenvalue weighted by Gasteiger charge is 2.28. The van der Waals surface area contributed by atoms with Crippen LogP contribution < -0.4 is 5.73 Å². The van der Waals surface area contributed by atoms with Crippen molar-refractivity contribution in [1.29, 1.82) is 0 Å².